The Morgan fingerprint density at radius 1 is 0.763 bits per heavy atom. The van der Waals surface area contributed by atoms with Crippen molar-refractivity contribution in [3.05, 3.63) is 133 Å². The minimum absolute atomic E-state index is 0.0234. The molecule has 6 aromatic rings. The van der Waals surface area contributed by atoms with Crippen LogP contribution in [0.15, 0.2) is 62.4 Å². The molecule has 13 bridgehead atoms. The van der Waals surface area contributed by atoms with Crippen molar-refractivity contribution >= 4 is 151 Å². The maximum atomic E-state index is 15.4. The highest BCUT2D eigenvalue weighted by atomic mass is 32.2. The Hall–Kier alpha value is -9.53. The van der Waals surface area contributed by atoms with E-state index in [1.807, 2.05) is 13.8 Å². The van der Waals surface area contributed by atoms with Crippen LogP contribution in [0.1, 0.15) is 239 Å². The van der Waals surface area contributed by atoms with Crippen molar-refractivity contribution < 1.29 is 83.0 Å². The van der Waals surface area contributed by atoms with Gasteiger partial charge in [0.2, 0.25) is 29.5 Å². The third kappa shape index (κ3) is 19.4. The second-order valence-corrected chi connectivity index (χ2v) is 33.7. The van der Waals surface area contributed by atoms with Crippen LogP contribution in [-0.4, -0.2) is 198 Å². The summed E-state index contributed by atoms with van der Waals surface area (Å²) in [5.41, 5.74) is -0.0740. The fraction of sp³-hybridized carbons (Fsp3) is 0.479. The van der Waals surface area contributed by atoms with E-state index in [0.717, 1.165) is 69.5 Å². The Balaban J connectivity index is 1.18. The number of allylic oxidation sites excluding steroid dienone is 1. The summed E-state index contributed by atoms with van der Waals surface area (Å²) in [5.74, 6) is -9.71. The number of aliphatic hydroxyl groups is 5. The van der Waals surface area contributed by atoms with Crippen LogP contribution < -0.4 is 58.9 Å². The number of primary amides is 1. The van der Waals surface area contributed by atoms with Gasteiger partial charge in [-0.3, -0.25) is 58.3 Å². The van der Waals surface area contributed by atoms with Gasteiger partial charge in [0.05, 0.1) is 58.9 Å². The van der Waals surface area contributed by atoms with E-state index in [9.17, 15) is 63.9 Å². The van der Waals surface area contributed by atoms with Crippen LogP contribution >= 0.6 is 68.4 Å². The molecule has 17 N–H and O–H groups in total. The van der Waals surface area contributed by atoms with Crippen LogP contribution in [0.25, 0.3) is 11.8 Å². The number of esters is 1. The average molecular weight is 1680 g/mol. The molecule has 0 fully saturated rings. The van der Waals surface area contributed by atoms with Crippen LogP contribution in [0.5, 0.6) is 0 Å². The van der Waals surface area contributed by atoms with E-state index < -0.39 is 178 Å². The van der Waals surface area contributed by atoms with Gasteiger partial charge in [-0.15, -0.1) is 56.7 Å². The molecule has 41 heteroatoms. The number of nitrogens with zero attached hydrogens (tertiary/aromatic N) is 7. The Kier molecular flexibility index (Phi) is 28.2. The molecule has 10 rings (SSSR count). The molecule has 9 heterocycles. The smallest absolute Gasteiger partial charge is 0.357 e. The summed E-state index contributed by atoms with van der Waals surface area (Å²) in [7, 11) is 0. The van der Waals surface area contributed by atoms with Crippen LogP contribution in [0.4, 0.5) is 0 Å². The molecule has 0 saturated carbocycles. The second kappa shape index (κ2) is 37.0. The molecule has 0 saturated heterocycles. The molecular weight excluding hydrogens is 1590 g/mol. The summed E-state index contributed by atoms with van der Waals surface area (Å²) in [6, 6.07) is -11.3. The number of hydrogen-bond acceptors (Lipinski definition) is 31. The third-order valence-corrected chi connectivity index (χ3v) is 25.5. The quantitative estimate of drug-likeness (QED) is 0.0398. The van der Waals surface area contributed by atoms with Gasteiger partial charge < -0.3 is 83.9 Å². The van der Waals surface area contributed by atoms with Crippen LogP contribution in [0.3, 0.4) is 0 Å². The van der Waals surface area contributed by atoms with Gasteiger partial charge in [0.15, 0.2) is 0 Å². The van der Waals surface area contributed by atoms with Crippen molar-refractivity contribution in [1.82, 2.24) is 83.1 Å². The number of thiazole rings is 5. The van der Waals surface area contributed by atoms with Gasteiger partial charge in [0.25, 0.3) is 29.5 Å². The number of nitrogens with one attached hydrogen (secondary N) is 10. The number of thioether (sulfide) groups is 1. The molecule has 17 atom stereocenters. The number of unbranched alkanes of at least 4 members (excludes halogenated alkanes) is 1. The van der Waals surface area contributed by atoms with Crippen molar-refractivity contribution in [2.45, 2.75) is 204 Å². The highest BCUT2D eigenvalue weighted by molar-refractivity contribution is 7.99. The van der Waals surface area contributed by atoms with Crippen LogP contribution in [-0.2, 0) is 39.0 Å². The lowest BCUT2D eigenvalue weighted by molar-refractivity contribution is -0.131. The van der Waals surface area contributed by atoms with E-state index in [0.29, 0.717) is 12.2 Å². The Morgan fingerprint density at radius 3 is 2.11 bits per heavy atom. The third-order valence-electron chi connectivity index (χ3n) is 19.7. The van der Waals surface area contributed by atoms with E-state index >= 15 is 14.4 Å². The van der Waals surface area contributed by atoms with Crippen molar-refractivity contribution in [3.8, 4) is 0 Å². The van der Waals surface area contributed by atoms with Crippen molar-refractivity contribution in [2.24, 2.45) is 16.6 Å². The second-order valence-electron chi connectivity index (χ2n) is 28.2. The summed E-state index contributed by atoms with van der Waals surface area (Å²) in [6.45, 7) is 20.1. The standard InChI is InChI=1S/C73H90N18O17S6/c1-13-16-21-109-23-44(56(74)96)82-60(100)45-25-111-67(85-45)41-19-20-73-54(80-41)43-24-112-68(83-43)51(89-61(101)46-27-113-69(86-46)55(72(12,107)36(11)94)90-63(103)47-26-110-66(84-47)39(15-3)81-65(105)50(34(9)93)88-62(102)48-28-114-71(73)87-48)35(10)108-70(106)42-22-38(33(8)92)37-17-18-40(53(95)52(37)79-42)78-49(29(4)14-2)64(104)77-31(6)58(98)75-30(5)57(97)76-32(7)59(99)91-73/h15,17-18,22,24-29,31-36,40,44,49-51,53-55,78,92-95,107H,5,13-14,16,19-21,23H2,1-4,6-12H3,(H2,74,96)(H,75,98)(H,76,97)(H,77,104)(H,81,105)(H,82,100)(H,88,102)(H,89,101)(H,90,103)(H,91,99)/b39-15-/t29-,31-,32-,33-,34+,35+,36+,40+,44?,49-,50-,51-,53-,54+,55+,72+,73+/m0/s1. The lowest BCUT2D eigenvalue weighted by Gasteiger charge is -2.41. The number of fused-ring (bicyclic) bond motifs is 8. The highest BCUT2D eigenvalue weighted by Gasteiger charge is 2.51. The predicted molar refractivity (Wildman–Crippen MR) is 425 cm³/mol. The van der Waals surface area contributed by atoms with Crippen molar-refractivity contribution in [2.75, 3.05) is 11.5 Å². The first-order valence-electron chi connectivity index (χ1n) is 36.5. The molecule has 35 nitrogen and oxygen atoms in total. The summed E-state index contributed by atoms with van der Waals surface area (Å²) in [5, 5.41) is 92.2. The number of aliphatic hydroxyl groups excluding tert-OH is 4. The number of nitrogens with two attached hydrogens (primary N) is 1. The predicted octanol–water partition coefficient (Wildman–Crippen LogP) is 3.25. The van der Waals surface area contributed by atoms with Gasteiger partial charge in [-0.2, -0.15) is 11.8 Å². The molecule has 3 aliphatic heterocycles. The SMILES string of the molecule is C=C1NC(=O)[C@H](C)NC(=O)[C@H]([C@@H](C)CC)N[C@@H]2C=Cc3c([C@H](C)O)cc(nc3[C@H]2O)C(=O)O[C@H](C)[C@@H]2NC(=O)c3csc(n3)[C@H]([C@](C)(O)[C@@H](C)O)NC(=O)c3csc(n3)/C(=C/C)NC(=O)[C@H]([C@@H](C)O)NC(=O)c3csc(n3)[C@]3(CCC(c4nc(C(=O)NC(CSCCCC)C(N)=O)cs4)=N[C@@H]3c3csc2n3)NC(=O)[C@H](C)NC1=O. The molecule has 4 aliphatic rings. The number of cyclic esters (lactones) is 1. The molecule has 6 aromatic heterocycles. The van der Waals surface area contributed by atoms with Crippen LogP contribution in [0, 0.1) is 5.92 Å². The Bertz CT molecular complexity index is 4790. The van der Waals surface area contributed by atoms with Gasteiger partial charge in [-0.25, -0.2) is 34.7 Å². The summed E-state index contributed by atoms with van der Waals surface area (Å²) in [6.07, 6.45) is -1.25. The molecule has 114 heavy (non-hydrogen) atoms. The molecule has 10 amide bonds. The van der Waals surface area contributed by atoms with Gasteiger partial charge in [0, 0.05) is 38.2 Å². The largest absolute Gasteiger partial charge is 0.455 e. The molecule has 610 valence electrons. The monoisotopic (exact) mass is 1680 g/mol. The van der Waals surface area contributed by atoms with E-state index in [1.165, 1.54) is 99.3 Å². The van der Waals surface area contributed by atoms with E-state index in [2.05, 4.69) is 79.7 Å². The maximum absolute atomic E-state index is 15.4. The zero-order chi connectivity index (χ0) is 83.1. The maximum Gasteiger partial charge on any atom is 0.357 e. The fourth-order valence-corrected chi connectivity index (χ4v) is 18.2. The first-order valence-corrected chi connectivity index (χ1v) is 42.0. The van der Waals surface area contributed by atoms with Gasteiger partial charge in [-0.1, -0.05) is 58.4 Å². The first kappa shape index (κ1) is 86.9. The van der Waals surface area contributed by atoms with Gasteiger partial charge >= 0.3 is 5.97 Å². The molecular formula is C73H90N18O17S6. The van der Waals surface area contributed by atoms with E-state index in [4.69, 9.17) is 25.4 Å². The Labute approximate surface area is 678 Å². The molecule has 0 radical (unpaired) electrons. The Morgan fingerprint density at radius 2 is 1.43 bits per heavy atom. The number of pyridine rings is 1. The molecule has 0 aromatic carbocycles. The normalized spacial score (nSPS) is 26.0. The molecule has 0 spiro atoms. The number of carbonyl (C=O) groups is 11. The fourth-order valence-electron chi connectivity index (χ4n) is 12.5. The minimum atomic E-state index is -2.22. The van der Waals surface area contributed by atoms with Gasteiger partial charge in [-0.05, 0) is 98.0 Å². The highest BCUT2D eigenvalue weighted by Crippen LogP contribution is 2.48. The number of rotatable bonds is 15. The molecule has 1 aliphatic carbocycles. The van der Waals surface area contributed by atoms with E-state index in [-0.39, 0.29) is 100 Å². The summed E-state index contributed by atoms with van der Waals surface area (Å²) < 4.78 is 6.28. The minimum Gasteiger partial charge on any atom is -0.455 e. The molecule has 1 unspecified atom stereocenters. The first-order chi connectivity index (χ1) is 54.0. The number of carbonyl (C=O) groups excluding carboxylic acids is 11. The van der Waals surface area contributed by atoms with E-state index in [1.54, 1.807) is 26.0 Å². The van der Waals surface area contributed by atoms with Crippen LogP contribution in [0.2, 0.25) is 0 Å². The van der Waals surface area contributed by atoms with Crippen molar-refractivity contribution in [1.29, 1.82) is 0 Å². The van der Waals surface area contributed by atoms with Crippen molar-refractivity contribution in [3.63, 3.8) is 0 Å². The topological polar surface area (TPSA) is 534 Å². The van der Waals surface area contributed by atoms with Gasteiger partial charge in [0.1, 0.15) is 119 Å². The summed E-state index contributed by atoms with van der Waals surface area (Å²) >= 11 is 5.86. The number of ether oxygens (including phenoxy) is 1. The average Bonchev–Trinajstić information content (AvgIpc) is 1.46. The number of aliphatic imine (C=N–C) groups is 1. The summed E-state index contributed by atoms with van der Waals surface area (Å²) in [4.78, 5) is 192. The number of hydrogen-bond donors (Lipinski definition) is 16. The zero-order valence-corrected chi connectivity index (χ0v) is 68.7. The number of aromatic nitrogens is 6. The lowest BCUT2D eigenvalue weighted by Crippen LogP contribution is -2.57. The zero-order valence-electron chi connectivity index (χ0n) is 63.8. The number of amides is 10. The lowest BCUT2D eigenvalue weighted by atomic mass is 9.80.